The summed E-state index contributed by atoms with van der Waals surface area (Å²) in [4.78, 5) is 27.0. The number of likely N-dealkylation sites (tertiary alicyclic amines) is 1. The molecule has 1 aliphatic rings. The SMILES string of the molecule is COCCNC(=O)c1cnn(-c2ccc(F)cc2)c1C1CCN(C(=O)OC(C)(C)C)CC1. The Hall–Kier alpha value is -2.94. The smallest absolute Gasteiger partial charge is 0.410 e. The van der Waals surface area contributed by atoms with Gasteiger partial charge in [-0.2, -0.15) is 5.10 Å². The summed E-state index contributed by atoms with van der Waals surface area (Å²) in [6, 6.07) is 6.00. The lowest BCUT2D eigenvalue weighted by molar-refractivity contribution is 0.0203. The number of aromatic nitrogens is 2. The highest BCUT2D eigenvalue weighted by Gasteiger charge is 2.32. The first-order valence-electron chi connectivity index (χ1n) is 10.8. The van der Waals surface area contributed by atoms with Crippen molar-refractivity contribution in [1.29, 1.82) is 0 Å². The van der Waals surface area contributed by atoms with Crippen molar-refractivity contribution in [3.8, 4) is 5.69 Å². The van der Waals surface area contributed by atoms with Crippen LogP contribution in [-0.2, 0) is 9.47 Å². The molecule has 1 aromatic heterocycles. The molecule has 32 heavy (non-hydrogen) atoms. The molecule has 3 rings (SSSR count). The second kappa shape index (κ2) is 10.1. The molecule has 0 spiro atoms. The van der Waals surface area contributed by atoms with Gasteiger partial charge in [0.25, 0.3) is 5.91 Å². The summed E-state index contributed by atoms with van der Waals surface area (Å²) in [5, 5.41) is 7.28. The summed E-state index contributed by atoms with van der Waals surface area (Å²) in [5.74, 6) is -0.574. The number of nitrogens with zero attached hydrogens (tertiary/aromatic N) is 3. The average molecular weight is 447 g/mol. The number of methoxy groups -OCH3 is 1. The zero-order chi connectivity index (χ0) is 23.3. The zero-order valence-electron chi connectivity index (χ0n) is 19.1. The highest BCUT2D eigenvalue weighted by Crippen LogP contribution is 2.32. The lowest BCUT2D eigenvalue weighted by atomic mass is 9.91. The number of amides is 2. The molecule has 0 radical (unpaired) electrons. The van der Waals surface area contributed by atoms with Gasteiger partial charge in [0.1, 0.15) is 11.4 Å². The van der Waals surface area contributed by atoms with Gasteiger partial charge < -0.3 is 19.7 Å². The van der Waals surface area contributed by atoms with E-state index in [9.17, 15) is 14.0 Å². The van der Waals surface area contributed by atoms with E-state index in [1.807, 2.05) is 20.8 Å². The van der Waals surface area contributed by atoms with Gasteiger partial charge in [-0.25, -0.2) is 13.9 Å². The van der Waals surface area contributed by atoms with Crippen molar-refractivity contribution >= 4 is 12.0 Å². The second-order valence-electron chi connectivity index (χ2n) is 8.82. The minimum absolute atomic E-state index is 0.00409. The molecule has 9 heteroatoms. The van der Waals surface area contributed by atoms with Crippen molar-refractivity contribution in [2.75, 3.05) is 33.4 Å². The van der Waals surface area contributed by atoms with E-state index in [1.165, 1.54) is 12.1 Å². The van der Waals surface area contributed by atoms with E-state index < -0.39 is 5.60 Å². The van der Waals surface area contributed by atoms with Crippen LogP contribution in [0.2, 0.25) is 0 Å². The summed E-state index contributed by atoms with van der Waals surface area (Å²) in [6.45, 7) is 7.33. The van der Waals surface area contributed by atoms with Crippen molar-refractivity contribution < 1.29 is 23.5 Å². The topological polar surface area (TPSA) is 85.7 Å². The molecule has 2 amide bonds. The van der Waals surface area contributed by atoms with Gasteiger partial charge >= 0.3 is 6.09 Å². The second-order valence-corrected chi connectivity index (χ2v) is 8.82. The molecule has 0 atom stereocenters. The Morgan fingerprint density at radius 2 is 1.84 bits per heavy atom. The highest BCUT2D eigenvalue weighted by molar-refractivity contribution is 5.95. The monoisotopic (exact) mass is 446 g/mol. The number of benzene rings is 1. The lowest BCUT2D eigenvalue weighted by Crippen LogP contribution is -2.41. The molecule has 2 heterocycles. The molecule has 1 N–H and O–H groups in total. The van der Waals surface area contributed by atoms with E-state index in [2.05, 4.69) is 10.4 Å². The number of rotatable bonds is 6. The van der Waals surface area contributed by atoms with Crippen LogP contribution in [0, 0.1) is 5.82 Å². The normalized spacial score (nSPS) is 15.0. The fourth-order valence-electron chi connectivity index (χ4n) is 3.74. The molecule has 1 aliphatic heterocycles. The Kier molecular flexibility index (Phi) is 7.50. The standard InChI is InChI=1S/C23H31FN4O4/c1-23(2,3)32-22(30)27-12-9-16(10-13-27)20-19(21(29)25-11-14-31-4)15-26-28(20)18-7-5-17(24)6-8-18/h5-8,15-16H,9-14H2,1-4H3,(H,25,29). The van der Waals surface area contributed by atoms with E-state index in [0.717, 1.165) is 5.69 Å². The van der Waals surface area contributed by atoms with Gasteiger partial charge in [-0.05, 0) is 57.9 Å². The molecule has 0 unspecified atom stereocenters. The molecule has 1 aromatic carbocycles. The Bertz CT molecular complexity index is 928. The fourth-order valence-corrected chi connectivity index (χ4v) is 3.74. The Labute approximate surface area is 187 Å². The molecule has 8 nitrogen and oxygen atoms in total. The van der Waals surface area contributed by atoms with Crippen molar-refractivity contribution in [2.45, 2.75) is 45.1 Å². The van der Waals surface area contributed by atoms with Crippen LogP contribution in [0.25, 0.3) is 5.69 Å². The predicted molar refractivity (Wildman–Crippen MR) is 118 cm³/mol. The van der Waals surface area contributed by atoms with Crippen LogP contribution in [0.3, 0.4) is 0 Å². The van der Waals surface area contributed by atoms with E-state index >= 15 is 0 Å². The van der Waals surface area contributed by atoms with E-state index in [-0.39, 0.29) is 23.7 Å². The number of nitrogens with one attached hydrogen (secondary N) is 1. The van der Waals surface area contributed by atoms with Crippen LogP contribution in [0.1, 0.15) is 55.6 Å². The van der Waals surface area contributed by atoms with E-state index in [0.29, 0.717) is 50.3 Å². The molecule has 174 valence electrons. The third-order valence-corrected chi connectivity index (χ3v) is 5.25. The van der Waals surface area contributed by atoms with Crippen LogP contribution in [0.5, 0.6) is 0 Å². The molecule has 1 saturated heterocycles. The van der Waals surface area contributed by atoms with Gasteiger partial charge in [0, 0.05) is 32.7 Å². The summed E-state index contributed by atoms with van der Waals surface area (Å²) in [6.07, 6.45) is 2.52. The maximum Gasteiger partial charge on any atom is 0.410 e. The molecule has 0 aliphatic carbocycles. The van der Waals surface area contributed by atoms with Crippen LogP contribution < -0.4 is 5.32 Å². The largest absolute Gasteiger partial charge is 0.444 e. The molecular formula is C23H31FN4O4. The third kappa shape index (κ3) is 5.85. The average Bonchev–Trinajstić information content (AvgIpc) is 3.18. The summed E-state index contributed by atoms with van der Waals surface area (Å²) < 4.78 is 25.6. The summed E-state index contributed by atoms with van der Waals surface area (Å²) >= 11 is 0. The van der Waals surface area contributed by atoms with Crippen LogP contribution in [0.4, 0.5) is 9.18 Å². The maximum atomic E-state index is 13.4. The lowest BCUT2D eigenvalue weighted by Gasteiger charge is -2.34. The van der Waals surface area contributed by atoms with Crippen LogP contribution in [-0.4, -0.2) is 65.6 Å². The van der Waals surface area contributed by atoms with Crippen LogP contribution >= 0.6 is 0 Å². The number of hydrogen-bond donors (Lipinski definition) is 1. The van der Waals surface area contributed by atoms with Gasteiger partial charge in [0.2, 0.25) is 0 Å². The number of carbonyl (C=O) groups is 2. The van der Waals surface area contributed by atoms with E-state index in [1.54, 1.807) is 35.0 Å². The Balaban J connectivity index is 1.83. The maximum absolute atomic E-state index is 13.4. The highest BCUT2D eigenvalue weighted by atomic mass is 19.1. The third-order valence-electron chi connectivity index (χ3n) is 5.25. The van der Waals surface area contributed by atoms with Crippen molar-refractivity contribution in [3.05, 3.63) is 47.5 Å². The first-order chi connectivity index (χ1) is 15.2. The quantitative estimate of drug-likeness (QED) is 0.687. The Morgan fingerprint density at radius 1 is 1.19 bits per heavy atom. The first-order valence-corrected chi connectivity index (χ1v) is 10.8. The minimum Gasteiger partial charge on any atom is -0.444 e. The van der Waals surface area contributed by atoms with Gasteiger partial charge in [0.15, 0.2) is 0 Å². The molecule has 2 aromatic rings. The summed E-state index contributed by atoms with van der Waals surface area (Å²) in [7, 11) is 1.57. The number of carbonyl (C=O) groups excluding carboxylic acids is 2. The number of halogens is 1. The van der Waals surface area contributed by atoms with Crippen molar-refractivity contribution in [2.24, 2.45) is 0 Å². The van der Waals surface area contributed by atoms with Crippen LogP contribution in [0.15, 0.2) is 30.5 Å². The molecular weight excluding hydrogens is 415 g/mol. The van der Waals surface area contributed by atoms with Crippen molar-refractivity contribution in [3.63, 3.8) is 0 Å². The van der Waals surface area contributed by atoms with Crippen molar-refractivity contribution in [1.82, 2.24) is 20.0 Å². The number of piperidine rings is 1. The molecule has 0 saturated carbocycles. The van der Waals surface area contributed by atoms with Gasteiger partial charge in [-0.3, -0.25) is 4.79 Å². The number of ether oxygens (including phenoxy) is 2. The van der Waals surface area contributed by atoms with E-state index in [4.69, 9.17) is 9.47 Å². The predicted octanol–water partition coefficient (Wildman–Crippen LogP) is 3.50. The van der Waals surface area contributed by atoms with Gasteiger partial charge in [0.05, 0.1) is 29.7 Å². The Morgan fingerprint density at radius 3 is 2.44 bits per heavy atom. The minimum atomic E-state index is -0.553. The summed E-state index contributed by atoms with van der Waals surface area (Å²) in [5.41, 5.74) is 1.35. The first kappa shape index (κ1) is 23.7. The van der Waals surface area contributed by atoms with Gasteiger partial charge in [-0.15, -0.1) is 0 Å². The molecule has 1 fully saturated rings. The zero-order valence-corrected chi connectivity index (χ0v) is 19.1. The fraction of sp³-hybridized carbons (Fsp3) is 0.522. The number of hydrogen-bond acceptors (Lipinski definition) is 5. The van der Waals surface area contributed by atoms with Gasteiger partial charge in [-0.1, -0.05) is 0 Å². The molecule has 0 bridgehead atoms.